The number of morpholine rings is 1. The lowest BCUT2D eigenvalue weighted by atomic mass is 9.95. The average Bonchev–Trinajstić information content (AvgIpc) is 3.06. The fourth-order valence-corrected chi connectivity index (χ4v) is 3.75. The van der Waals surface area contributed by atoms with E-state index < -0.39 is 0 Å². The van der Waals surface area contributed by atoms with Crippen LogP contribution in [0.25, 0.3) is 11.0 Å². The molecule has 6 heteroatoms. The summed E-state index contributed by atoms with van der Waals surface area (Å²) in [5.74, 6) is 1.62. The van der Waals surface area contributed by atoms with E-state index in [-0.39, 0.29) is 18.1 Å². The minimum Gasteiger partial charge on any atom is -0.375 e. The second-order valence-corrected chi connectivity index (χ2v) is 6.75. The number of hydrogen-bond donors (Lipinski definition) is 2. The molecule has 128 valence electrons. The summed E-state index contributed by atoms with van der Waals surface area (Å²) < 4.78 is 5.60. The molecule has 6 nitrogen and oxygen atoms in total. The van der Waals surface area contributed by atoms with Crippen molar-refractivity contribution in [2.45, 2.75) is 37.8 Å². The van der Waals surface area contributed by atoms with Gasteiger partial charge in [0.25, 0.3) is 0 Å². The van der Waals surface area contributed by atoms with Crippen LogP contribution in [-0.2, 0) is 9.53 Å². The van der Waals surface area contributed by atoms with Gasteiger partial charge >= 0.3 is 0 Å². The summed E-state index contributed by atoms with van der Waals surface area (Å²) in [6.45, 7) is 4.96. The second kappa shape index (κ2) is 6.53. The van der Waals surface area contributed by atoms with Gasteiger partial charge in [-0.05, 0) is 31.9 Å². The molecule has 2 N–H and O–H groups in total. The zero-order valence-electron chi connectivity index (χ0n) is 14.0. The number of hydrogen-bond acceptors (Lipinski definition) is 4. The normalized spacial score (nSPS) is 26.0. The Balaban J connectivity index is 1.40. The number of amides is 1. The van der Waals surface area contributed by atoms with Gasteiger partial charge in [-0.1, -0.05) is 12.1 Å². The number of carbonyl (C=O) groups excluding carboxylic acids is 1. The van der Waals surface area contributed by atoms with Gasteiger partial charge in [-0.2, -0.15) is 0 Å². The van der Waals surface area contributed by atoms with E-state index in [0.717, 1.165) is 49.3 Å². The van der Waals surface area contributed by atoms with E-state index in [1.165, 1.54) is 0 Å². The maximum absolute atomic E-state index is 12.7. The lowest BCUT2D eigenvalue weighted by Crippen LogP contribution is -2.57. The molecule has 1 aromatic heterocycles. The maximum Gasteiger partial charge on any atom is 0.242 e. The number of para-hydroxylation sites is 2. The van der Waals surface area contributed by atoms with Crippen molar-refractivity contribution in [3.05, 3.63) is 30.1 Å². The van der Waals surface area contributed by atoms with E-state index in [1.807, 2.05) is 30.0 Å². The summed E-state index contributed by atoms with van der Waals surface area (Å²) in [4.78, 5) is 22.8. The highest BCUT2D eigenvalue weighted by Crippen LogP contribution is 2.28. The van der Waals surface area contributed by atoms with E-state index in [4.69, 9.17) is 9.72 Å². The molecule has 2 fully saturated rings. The minimum atomic E-state index is -0.207. The molecular weight excluding hydrogens is 304 g/mol. The second-order valence-electron chi connectivity index (χ2n) is 6.75. The third kappa shape index (κ3) is 2.91. The highest BCUT2D eigenvalue weighted by Gasteiger charge is 2.34. The van der Waals surface area contributed by atoms with Crippen molar-refractivity contribution in [1.82, 2.24) is 20.2 Å². The number of imidazole rings is 1. The summed E-state index contributed by atoms with van der Waals surface area (Å²) >= 11 is 0. The summed E-state index contributed by atoms with van der Waals surface area (Å²) in [6.07, 6.45) is 1.85. The Hall–Kier alpha value is -1.92. The summed E-state index contributed by atoms with van der Waals surface area (Å²) in [6, 6.07) is 7.91. The van der Waals surface area contributed by atoms with Crippen molar-refractivity contribution in [3.8, 4) is 0 Å². The molecule has 0 spiro atoms. The predicted octanol–water partition coefficient (Wildman–Crippen LogP) is 1.65. The standard InChI is InChI=1S/C18H24N4O2/c1-12-16(19-8-11-24-12)18(23)22-9-6-13(7-10-22)17-20-14-4-2-3-5-15(14)21-17/h2-5,12-13,16,19H,6-11H2,1H3,(H,20,21)/t12-,16+/m1/s1. The Kier molecular flexibility index (Phi) is 4.24. The first-order valence-electron chi connectivity index (χ1n) is 8.81. The molecule has 24 heavy (non-hydrogen) atoms. The van der Waals surface area contributed by atoms with Crippen LogP contribution in [0.1, 0.15) is 31.5 Å². The molecule has 0 saturated carbocycles. The zero-order chi connectivity index (χ0) is 16.5. The molecule has 0 bridgehead atoms. The van der Waals surface area contributed by atoms with E-state index in [1.54, 1.807) is 0 Å². The predicted molar refractivity (Wildman–Crippen MR) is 91.9 cm³/mol. The first-order valence-corrected chi connectivity index (χ1v) is 8.81. The number of aromatic amines is 1. The Bertz CT molecular complexity index is 688. The fraction of sp³-hybridized carbons (Fsp3) is 0.556. The highest BCUT2D eigenvalue weighted by molar-refractivity contribution is 5.82. The van der Waals surface area contributed by atoms with Gasteiger partial charge in [-0.25, -0.2) is 4.98 Å². The lowest BCUT2D eigenvalue weighted by molar-refractivity contribution is -0.140. The van der Waals surface area contributed by atoms with Crippen LogP contribution in [0, 0.1) is 0 Å². The molecule has 2 aromatic rings. The van der Waals surface area contributed by atoms with Gasteiger partial charge in [-0.15, -0.1) is 0 Å². The number of piperidine rings is 1. The van der Waals surface area contributed by atoms with Gasteiger partial charge in [0.15, 0.2) is 0 Å². The van der Waals surface area contributed by atoms with Crippen molar-refractivity contribution in [1.29, 1.82) is 0 Å². The number of rotatable bonds is 2. The number of ether oxygens (including phenoxy) is 1. The molecular formula is C18H24N4O2. The number of fused-ring (bicyclic) bond motifs is 1. The maximum atomic E-state index is 12.7. The number of H-pyrrole nitrogens is 1. The molecule has 0 aliphatic carbocycles. The van der Waals surface area contributed by atoms with Crippen LogP contribution in [-0.4, -0.2) is 59.2 Å². The van der Waals surface area contributed by atoms with Gasteiger partial charge in [0.05, 0.1) is 23.7 Å². The summed E-state index contributed by atoms with van der Waals surface area (Å²) in [5.41, 5.74) is 2.10. The molecule has 1 aromatic carbocycles. The Morgan fingerprint density at radius 3 is 2.83 bits per heavy atom. The zero-order valence-corrected chi connectivity index (χ0v) is 14.0. The fourth-order valence-electron chi connectivity index (χ4n) is 3.75. The molecule has 3 heterocycles. The monoisotopic (exact) mass is 328 g/mol. The molecule has 2 aliphatic heterocycles. The van der Waals surface area contributed by atoms with Gasteiger partial charge in [0.1, 0.15) is 11.9 Å². The molecule has 0 radical (unpaired) electrons. The van der Waals surface area contributed by atoms with Crippen LogP contribution in [0.15, 0.2) is 24.3 Å². The number of benzene rings is 1. The Labute approximate surface area is 141 Å². The van der Waals surface area contributed by atoms with Crippen molar-refractivity contribution in [2.24, 2.45) is 0 Å². The summed E-state index contributed by atoms with van der Waals surface area (Å²) in [5, 5.41) is 3.29. The number of nitrogens with one attached hydrogen (secondary N) is 2. The first kappa shape index (κ1) is 15.6. The molecule has 0 unspecified atom stereocenters. The van der Waals surface area contributed by atoms with E-state index in [2.05, 4.69) is 16.4 Å². The van der Waals surface area contributed by atoms with E-state index >= 15 is 0 Å². The van der Waals surface area contributed by atoms with Crippen LogP contribution in [0.4, 0.5) is 0 Å². The number of nitrogens with zero attached hydrogens (tertiary/aromatic N) is 2. The largest absolute Gasteiger partial charge is 0.375 e. The van der Waals surface area contributed by atoms with Gasteiger partial charge < -0.3 is 19.9 Å². The van der Waals surface area contributed by atoms with Crippen LogP contribution in [0.5, 0.6) is 0 Å². The highest BCUT2D eigenvalue weighted by atomic mass is 16.5. The lowest BCUT2D eigenvalue weighted by Gasteiger charge is -2.37. The number of likely N-dealkylation sites (tertiary alicyclic amines) is 1. The summed E-state index contributed by atoms with van der Waals surface area (Å²) in [7, 11) is 0. The third-order valence-electron chi connectivity index (χ3n) is 5.18. The van der Waals surface area contributed by atoms with E-state index in [0.29, 0.717) is 12.5 Å². The minimum absolute atomic E-state index is 0.0562. The first-order chi connectivity index (χ1) is 11.7. The van der Waals surface area contributed by atoms with Crippen LogP contribution >= 0.6 is 0 Å². The van der Waals surface area contributed by atoms with Crippen LogP contribution in [0.2, 0.25) is 0 Å². The van der Waals surface area contributed by atoms with Crippen LogP contribution < -0.4 is 5.32 Å². The van der Waals surface area contributed by atoms with Gasteiger partial charge in [0.2, 0.25) is 5.91 Å². The third-order valence-corrected chi connectivity index (χ3v) is 5.18. The van der Waals surface area contributed by atoms with Crippen LogP contribution in [0.3, 0.4) is 0 Å². The topological polar surface area (TPSA) is 70.2 Å². The van der Waals surface area contributed by atoms with Crippen molar-refractivity contribution >= 4 is 16.9 Å². The average molecular weight is 328 g/mol. The molecule has 2 atom stereocenters. The quantitative estimate of drug-likeness (QED) is 0.879. The van der Waals surface area contributed by atoms with Crippen molar-refractivity contribution in [2.75, 3.05) is 26.2 Å². The molecule has 2 aliphatic rings. The molecule has 4 rings (SSSR count). The molecule has 2 saturated heterocycles. The van der Waals surface area contributed by atoms with Gasteiger partial charge in [-0.3, -0.25) is 4.79 Å². The van der Waals surface area contributed by atoms with Crippen molar-refractivity contribution < 1.29 is 9.53 Å². The van der Waals surface area contributed by atoms with E-state index in [9.17, 15) is 4.79 Å². The Morgan fingerprint density at radius 1 is 1.29 bits per heavy atom. The van der Waals surface area contributed by atoms with Crippen molar-refractivity contribution in [3.63, 3.8) is 0 Å². The number of carbonyl (C=O) groups is 1. The number of aromatic nitrogens is 2. The SMILES string of the molecule is C[C@H]1OCCN[C@@H]1C(=O)N1CCC(c2nc3ccccc3[nH]2)CC1. The van der Waals surface area contributed by atoms with Gasteiger partial charge in [0, 0.05) is 25.6 Å². The molecule has 1 amide bonds. The Morgan fingerprint density at radius 2 is 2.08 bits per heavy atom. The smallest absolute Gasteiger partial charge is 0.242 e.